The third-order valence-electron chi connectivity index (χ3n) is 2.30. The van der Waals surface area contributed by atoms with Crippen molar-refractivity contribution in [3.8, 4) is 11.3 Å². The van der Waals surface area contributed by atoms with E-state index in [4.69, 9.17) is 0 Å². The van der Waals surface area contributed by atoms with Gasteiger partial charge in [-0.15, -0.1) is 0 Å². The van der Waals surface area contributed by atoms with Crippen molar-refractivity contribution in [3.05, 3.63) is 36.0 Å². The van der Waals surface area contributed by atoms with E-state index in [-0.39, 0.29) is 0 Å². The van der Waals surface area contributed by atoms with Crippen LogP contribution in [-0.4, -0.2) is 20.1 Å². The number of nitrogens with one attached hydrogen (secondary N) is 1. The Balaban J connectivity index is 2.53. The summed E-state index contributed by atoms with van der Waals surface area (Å²) in [6, 6.07) is 3.84. The lowest BCUT2D eigenvalue weighted by atomic mass is 10.1. The molecular formula is C12H15N3O. The SMILES string of the molecule is Cc1cc(-c2cc[nH]c2)nc(C(C)(C)O)n1. The minimum atomic E-state index is -1.02. The first kappa shape index (κ1) is 10.8. The highest BCUT2D eigenvalue weighted by atomic mass is 16.3. The van der Waals surface area contributed by atoms with Crippen LogP contribution in [0.5, 0.6) is 0 Å². The summed E-state index contributed by atoms with van der Waals surface area (Å²) in [6.07, 6.45) is 3.71. The number of aromatic nitrogens is 3. The van der Waals surface area contributed by atoms with Gasteiger partial charge in [0.1, 0.15) is 5.60 Å². The molecule has 0 radical (unpaired) electrons. The summed E-state index contributed by atoms with van der Waals surface area (Å²) in [6.45, 7) is 5.26. The topological polar surface area (TPSA) is 61.8 Å². The third kappa shape index (κ3) is 2.12. The van der Waals surface area contributed by atoms with Crippen molar-refractivity contribution in [1.82, 2.24) is 15.0 Å². The molecule has 2 N–H and O–H groups in total. The lowest BCUT2D eigenvalue weighted by Crippen LogP contribution is -2.20. The van der Waals surface area contributed by atoms with Crippen molar-refractivity contribution in [2.24, 2.45) is 0 Å². The molecule has 0 bridgehead atoms. The minimum absolute atomic E-state index is 0.448. The average molecular weight is 217 g/mol. The summed E-state index contributed by atoms with van der Waals surface area (Å²) in [5.74, 6) is 0.448. The molecule has 0 amide bonds. The molecule has 2 aromatic heterocycles. The quantitative estimate of drug-likeness (QED) is 0.808. The number of rotatable bonds is 2. The summed E-state index contributed by atoms with van der Waals surface area (Å²) < 4.78 is 0. The van der Waals surface area contributed by atoms with Crippen LogP contribution >= 0.6 is 0 Å². The van der Waals surface area contributed by atoms with Gasteiger partial charge in [0.05, 0.1) is 5.69 Å². The standard InChI is InChI=1S/C12H15N3O/c1-8-6-10(9-4-5-13-7-9)15-11(14-8)12(2,3)16/h4-7,13,16H,1-3H3. The van der Waals surface area contributed by atoms with Gasteiger partial charge in [0.25, 0.3) is 0 Å². The van der Waals surface area contributed by atoms with E-state index in [0.717, 1.165) is 17.0 Å². The molecule has 0 aliphatic carbocycles. The van der Waals surface area contributed by atoms with Crippen molar-refractivity contribution in [1.29, 1.82) is 0 Å². The molecule has 0 aromatic carbocycles. The number of hydrogen-bond donors (Lipinski definition) is 2. The van der Waals surface area contributed by atoms with E-state index >= 15 is 0 Å². The Morgan fingerprint density at radius 2 is 2.06 bits per heavy atom. The number of hydrogen-bond acceptors (Lipinski definition) is 3. The van der Waals surface area contributed by atoms with Gasteiger partial charge in [0.15, 0.2) is 5.82 Å². The molecular weight excluding hydrogens is 202 g/mol. The summed E-state index contributed by atoms with van der Waals surface area (Å²) in [7, 11) is 0. The molecule has 0 unspecified atom stereocenters. The van der Waals surface area contributed by atoms with Gasteiger partial charge in [-0.3, -0.25) is 0 Å². The van der Waals surface area contributed by atoms with E-state index in [2.05, 4.69) is 15.0 Å². The number of H-pyrrole nitrogens is 1. The first-order chi connectivity index (χ1) is 7.47. The van der Waals surface area contributed by atoms with Gasteiger partial charge in [-0.25, -0.2) is 9.97 Å². The fraction of sp³-hybridized carbons (Fsp3) is 0.333. The molecule has 2 aromatic rings. The second kappa shape index (κ2) is 3.72. The van der Waals surface area contributed by atoms with Crippen LogP contribution in [0, 0.1) is 6.92 Å². The molecule has 16 heavy (non-hydrogen) atoms. The van der Waals surface area contributed by atoms with E-state index in [9.17, 15) is 5.11 Å². The van der Waals surface area contributed by atoms with Crippen LogP contribution in [0.3, 0.4) is 0 Å². The van der Waals surface area contributed by atoms with Crippen LogP contribution in [0.2, 0.25) is 0 Å². The van der Waals surface area contributed by atoms with Crippen LogP contribution in [0.25, 0.3) is 11.3 Å². The second-order valence-corrected chi connectivity index (χ2v) is 4.38. The molecule has 0 atom stereocenters. The highest BCUT2D eigenvalue weighted by Gasteiger charge is 2.20. The Morgan fingerprint density at radius 1 is 1.31 bits per heavy atom. The highest BCUT2D eigenvalue weighted by molar-refractivity contribution is 5.58. The summed E-state index contributed by atoms with van der Waals surface area (Å²) in [5.41, 5.74) is 1.65. The monoisotopic (exact) mass is 217 g/mol. The summed E-state index contributed by atoms with van der Waals surface area (Å²) in [5, 5.41) is 9.90. The van der Waals surface area contributed by atoms with Crippen molar-refractivity contribution < 1.29 is 5.11 Å². The van der Waals surface area contributed by atoms with Gasteiger partial charge >= 0.3 is 0 Å². The molecule has 0 saturated carbocycles. The van der Waals surface area contributed by atoms with Crippen molar-refractivity contribution in [2.75, 3.05) is 0 Å². The summed E-state index contributed by atoms with van der Waals surface area (Å²) >= 11 is 0. The van der Waals surface area contributed by atoms with E-state index in [1.807, 2.05) is 31.5 Å². The Bertz CT molecular complexity index is 483. The van der Waals surface area contributed by atoms with Crippen molar-refractivity contribution in [3.63, 3.8) is 0 Å². The van der Waals surface area contributed by atoms with E-state index in [1.165, 1.54) is 0 Å². The molecule has 84 valence electrons. The first-order valence-electron chi connectivity index (χ1n) is 5.18. The number of aliphatic hydroxyl groups is 1. The predicted molar refractivity (Wildman–Crippen MR) is 61.8 cm³/mol. The van der Waals surface area contributed by atoms with Crippen LogP contribution < -0.4 is 0 Å². The predicted octanol–water partition coefficient (Wildman–Crippen LogP) is 2.01. The van der Waals surface area contributed by atoms with Gasteiger partial charge in [0.2, 0.25) is 0 Å². The lowest BCUT2D eigenvalue weighted by Gasteiger charge is -2.16. The van der Waals surface area contributed by atoms with E-state index in [1.54, 1.807) is 13.8 Å². The Kier molecular flexibility index (Phi) is 2.52. The normalized spacial score (nSPS) is 11.8. The zero-order chi connectivity index (χ0) is 11.8. The highest BCUT2D eigenvalue weighted by Crippen LogP contribution is 2.21. The van der Waals surface area contributed by atoms with Crippen molar-refractivity contribution >= 4 is 0 Å². The Hall–Kier alpha value is -1.68. The molecule has 0 aliphatic rings. The average Bonchev–Trinajstić information content (AvgIpc) is 2.68. The van der Waals surface area contributed by atoms with E-state index < -0.39 is 5.60 Å². The number of aryl methyl sites for hydroxylation is 1. The smallest absolute Gasteiger partial charge is 0.160 e. The molecule has 2 heterocycles. The zero-order valence-electron chi connectivity index (χ0n) is 9.65. The molecule has 0 aliphatic heterocycles. The minimum Gasteiger partial charge on any atom is -0.382 e. The maximum atomic E-state index is 9.90. The fourth-order valence-corrected chi connectivity index (χ4v) is 1.47. The van der Waals surface area contributed by atoms with Gasteiger partial charge < -0.3 is 10.1 Å². The van der Waals surface area contributed by atoms with Gasteiger partial charge in [-0.1, -0.05) is 0 Å². The van der Waals surface area contributed by atoms with Crippen LogP contribution in [0.4, 0.5) is 0 Å². The summed E-state index contributed by atoms with van der Waals surface area (Å²) in [4.78, 5) is 11.6. The van der Waals surface area contributed by atoms with Crippen LogP contribution in [0.1, 0.15) is 25.4 Å². The largest absolute Gasteiger partial charge is 0.382 e. The van der Waals surface area contributed by atoms with Gasteiger partial charge in [-0.05, 0) is 32.9 Å². The molecule has 0 fully saturated rings. The molecule has 0 spiro atoms. The molecule has 2 rings (SSSR count). The maximum Gasteiger partial charge on any atom is 0.160 e. The lowest BCUT2D eigenvalue weighted by molar-refractivity contribution is 0.0686. The zero-order valence-corrected chi connectivity index (χ0v) is 9.65. The van der Waals surface area contributed by atoms with Gasteiger partial charge in [-0.2, -0.15) is 0 Å². The van der Waals surface area contributed by atoms with Crippen molar-refractivity contribution in [2.45, 2.75) is 26.4 Å². The fourth-order valence-electron chi connectivity index (χ4n) is 1.47. The molecule has 0 saturated heterocycles. The van der Waals surface area contributed by atoms with Crippen LogP contribution in [0.15, 0.2) is 24.5 Å². The third-order valence-corrected chi connectivity index (χ3v) is 2.30. The molecule has 4 heteroatoms. The first-order valence-corrected chi connectivity index (χ1v) is 5.18. The number of nitrogens with zero attached hydrogens (tertiary/aromatic N) is 2. The van der Waals surface area contributed by atoms with E-state index in [0.29, 0.717) is 5.82 Å². The molecule has 4 nitrogen and oxygen atoms in total. The maximum absolute atomic E-state index is 9.90. The second-order valence-electron chi connectivity index (χ2n) is 4.38. The Morgan fingerprint density at radius 3 is 2.62 bits per heavy atom. The Labute approximate surface area is 94.4 Å². The van der Waals surface area contributed by atoms with Crippen LogP contribution in [-0.2, 0) is 5.60 Å². The van der Waals surface area contributed by atoms with Gasteiger partial charge in [0, 0.05) is 23.7 Å². The number of aromatic amines is 1.